The standard InChI is InChI=1S/C10H14N4S/c1-3-14-7-9(6-12-14)13-8(2)10-11-4-5-15-10/h4-8,13H,3H2,1-2H3/t8-/m1/s1. The fourth-order valence-corrected chi connectivity index (χ4v) is 2.02. The third kappa shape index (κ3) is 2.36. The number of hydrogen-bond donors (Lipinski definition) is 1. The molecule has 0 fully saturated rings. The molecule has 2 aromatic heterocycles. The van der Waals surface area contributed by atoms with Gasteiger partial charge in [0, 0.05) is 24.3 Å². The van der Waals surface area contributed by atoms with Crippen molar-refractivity contribution in [2.75, 3.05) is 5.32 Å². The number of aromatic nitrogens is 3. The SMILES string of the molecule is CCn1cc(N[C@H](C)c2nccs2)cn1. The third-order valence-electron chi connectivity index (χ3n) is 2.16. The van der Waals surface area contributed by atoms with Crippen LogP contribution in [0.15, 0.2) is 24.0 Å². The maximum Gasteiger partial charge on any atom is 0.115 e. The van der Waals surface area contributed by atoms with Crippen LogP contribution < -0.4 is 5.32 Å². The van der Waals surface area contributed by atoms with Crippen molar-refractivity contribution in [1.82, 2.24) is 14.8 Å². The van der Waals surface area contributed by atoms with E-state index >= 15 is 0 Å². The Morgan fingerprint density at radius 2 is 2.47 bits per heavy atom. The first-order valence-corrected chi connectivity index (χ1v) is 5.86. The summed E-state index contributed by atoms with van der Waals surface area (Å²) in [6, 6.07) is 0.236. The summed E-state index contributed by atoms with van der Waals surface area (Å²) in [4.78, 5) is 4.27. The molecule has 4 nitrogen and oxygen atoms in total. The van der Waals surface area contributed by atoms with Gasteiger partial charge in [0.2, 0.25) is 0 Å². The van der Waals surface area contributed by atoms with Crippen molar-refractivity contribution < 1.29 is 0 Å². The van der Waals surface area contributed by atoms with E-state index in [1.54, 1.807) is 11.3 Å². The lowest BCUT2D eigenvalue weighted by Crippen LogP contribution is -2.05. The van der Waals surface area contributed by atoms with Crippen LogP contribution >= 0.6 is 11.3 Å². The number of hydrogen-bond acceptors (Lipinski definition) is 4. The van der Waals surface area contributed by atoms with Gasteiger partial charge in [0.05, 0.1) is 17.9 Å². The molecule has 1 atom stereocenters. The number of aryl methyl sites for hydroxylation is 1. The highest BCUT2D eigenvalue weighted by atomic mass is 32.1. The highest BCUT2D eigenvalue weighted by Crippen LogP contribution is 2.20. The summed E-state index contributed by atoms with van der Waals surface area (Å²) in [7, 11) is 0. The molecule has 1 N–H and O–H groups in total. The second-order valence-corrected chi connectivity index (χ2v) is 4.25. The maximum absolute atomic E-state index is 4.27. The van der Waals surface area contributed by atoms with Crippen molar-refractivity contribution in [2.24, 2.45) is 0 Å². The number of rotatable bonds is 4. The van der Waals surface area contributed by atoms with Crippen LogP contribution in [0.4, 0.5) is 5.69 Å². The summed E-state index contributed by atoms with van der Waals surface area (Å²) in [6.07, 6.45) is 5.67. The summed E-state index contributed by atoms with van der Waals surface area (Å²) in [5, 5.41) is 10.7. The van der Waals surface area contributed by atoms with E-state index < -0.39 is 0 Å². The Morgan fingerprint density at radius 1 is 1.60 bits per heavy atom. The molecule has 80 valence electrons. The van der Waals surface area contributed by atoms with Gasteiger partial charge in [-0.05, 0) is 13.8 Å². The minimum Gasteiger partial charge on any atom is -0.374 e. The zero-order valence-corrected chi connectivity index (χ0v) is 9.66. The van der Waals surface area contributed by atoms with Crippen LogP contribution in [-0.4, -0.2) is 14.8 Å². The summed E-state index contributed by atoms with van der Waals surface area (Å²) < 4.78 is 1.90. The molecule has 0 amide bonds. The Morgan fingerprint density at radius 3 is 3.07 bits per heavy atom. The van der Waals surface area contributed by atoms with E-state index in [0.29, 0.717) is 0 Å². The molecule has 0 saturated heterocycles. The minimum absolute atomic E-state index is 0.236. The summed E-state index contributed by atoms with van der Waals surface area (Å²) in [5.41, 5.74) is 1.04. The fourth-order valence-electron chi connectivity index (χ4n) is 1.37. The molecule has 0 aliphatic rings. The molecule has 0 aliphatic heterocycles. The van der Waals surface area contributed by atoms with E-state index in [9.17, 15) is 0 Å². The molecular formula is C10H14N4S. The summed E-state index contributed by atoms with van der Waals surface area (Å²) in [5.74, 6) is 0. The van der Waals surface area contributed by atoms with Gasteiger partial charge < -0.3 is 5.32 Å². The van der Waals surface area contributed by atoms with Crippen LogP contribution in [0.5, 0.6) is 0 Å². The van der Waals surface area contributed by atoms with Crippen LogP contribution in [-0.2, 0) is 6.54 Å². The van der Waals surface area contributed by atoms with Gasteiger partial charge >= 0.3 is 0 Å². The molecule has 2 heterocycles. The molecule has 15 heavy (non-hydrogen) atoms. The molecule has 0 radical (unpaired) electrons. The van der Waals surface area contributed by atoms with Crippen molar-refractivity contribution in [3.63, 3.8) is 0 Å². The lowest BCUT2D eigenvalue weighted by molar-refractivity contribution is 0.660. The molecule has 0 bridgehead atoms. The molecular weight excluding hydrogens is 208 g/mol. The molecule has 2 rings (SSSR count). The zero-order chi connectivity index (χ0) is 10.7. The number of anilines is 1. The van der Waals surface area contributed by atoms with Gasteiger partial charge in [-0.25, -0.2) is 4.98 Å². The van der Waals surface area contributed by atoms with E-state index in [2.05, 4.69) is 29.2 Å². The fraction of sp³-hybridized carbons (Fsp3) is 0.400. The van der Waals surface area contributed by atoms with Crippen LogP contribution in [0.2, 0.25) is 0 Å². The first kappa shape index (κ1) is 10.2. The Labute approximate surface area is 93.0 Å². The van der Waals surface area contributed by atoms with E-state index in [-0.39, 0.29) is 6.04 Å². The Bertz CT molecular complexity index is 407. The molecule has 5 heteroatoms. The van der Waals surface area contributed by atoms with Gasteiger partial charge in [-0.2, -0.15) is 5.10 Å². The van der Waals surface area contributed by atoms with E-state index in [4.69, 9.17) is 0 Å². The van der Waals surface area contributed by atoms with Crippen LogP contribution in [0.1, 0.15) is 24.9 Å². The van der Waals surface area contributed by atoms with Gasteiger partial charge in [-0.1, -0.05) is 0 Å². The van der Waals surface area contributed by atoms with Crippen molar-refractivity contribution in [3.8, 4) is 0 Å². The molecule has 0 spiro atoms. The van der Waals surface area contributed by atoms with Crippen LogP contribution in [0.3, 0.4) is 0 Å². The predicted molar refractivity (Wildman–Crippen MR) is 62.1 cm³/mol. The summed E-state index contributed by atoms with van der Waals surface area (Å²) in [6.45, 7) is 5.07. The third-order valence-corrected chi connectivity index (χ3v) is 3.12. The first-order valence-electron chi connectivity index (χ1n) is 4.98. The Balaban J connectivity index is 2.02. The Kier molecular flexibility index (Phi) is 3.01. The molecule has 0 unspecified atom stereocenters. The highest BCUT2D eigenvalue weighted by molar-refractivity contribution is 7.09. The lowest BCUT2D eigenvalue weighted by atomic mass is 10.3. The molecule has 2 aromatic rings. The van der Waals surface area contributed by atoms with Crippen molar-refractivity contribution >= 4 is 17.0 Å². The second-order valence-electron chi connectivity index (χ2n) is 3.32. The summed E-state index contributed by atoms with van der Waals surface area (Å²) >= 11 is 1.66. The molecule has 0 aromatic carbocycles. The first-order chi connectivity index (χ1) is 7.29. The minimum atomic E-state index is 0.236. The van der Waals surface area contributed by atoms with Crippen LogP contribution in [0.25, 0.3) is 0 Å². The van der Waals surface area contributed by atoms with Crippen molar-refractivity contribution in [3.05, 3.63) is 29.0 Å². The molecule has 0 saturated carbocycles. The van der Waals surface area contributed by atoms with E-state index in [0.717, 1.165) is 17.2 Å². The normalized spacial score (nSPS) is 12.7. The number of thiazole rings is 1. The largest absolute Gasteiger partial charge is 0.374 e. The van der Waals surface area contributed by atoms with Gasteiger partial charge in [0.25, 0.3) is 0 Å². The quantitative estimate of drug-likeness (QED) is 0.864. The molecule has 0 aliphatic carbocycles. The topological polar surface area (TPSA) is 42.7 Å². The predicted octanol–water partition coefficient (Wildman–Crippen LogP) is 2.53. The van der Waals surface area contributed by atoms with Gasteiger partial charge in [-0.15, -0.1) is 11.3 Å². The number of nitrogens with one attached hydrogen (secondary N) is 1. The Hall–Kier alpha value is -1.36. The zero-order valence-electron chi connectivity index (χ0n) is 8.84. The number of nitrogens with zero attached hydrogens (tertiary/aromatic N) is 3. The van der Waals surface area contributed by atoms with Crippen LogP contribution in [0, 0.1) is 0 Å². The maximum atomic E-state index is 4.27. The highest BCUT2D eigenvalue weighted by Gasteiger charge is 2.08. The van der Waals surface area contributed by atoms with Gasteiger partial charge in [0.15, 0.2) is 0 Å². The van der Waals surface area contributed by atoms with Crippen molar-refractivity contribution in [2.45, 2.75) is 26.4 Å². The van der Waals surface area contributed by atoms with E-state index in [1.165, 1.54) is 0 Å². The average molecular weight is 222 g/mol. The second kappa shape index (κ2) is 4.44. The van der Waals surface area contributed by atoms with Gasteiger partial charge in [0.1, 0.15) is 5.01 Å². The van der Waals surface area contributed by atoms with Crippen molar-refractivity contribution in [1.29, 1.82) is 0 Å². The lowest BCUT2D eigenvalue weighted by Gasteiger charge is -2.09. The monoisotopic (exact) mass is 222 g/mol. The van der Waals surface area contributed by atoms with E-state index in [1.807, 2.05) is 28.7 Å². The average Bonchev–Trinajstić information content (AvgIpc) is 2.87. The van der Waals surface area contributed by atoms with Gasteiger partial charge in [-0.3, -0.25) is 4.68 Å². The smallest absolute Gasteiger partial charge is 0.115 e.